The third kappa shape index (κ3) is 1.09. The van der Waals surface area contributed by atoms with Crippen molar-refractivity contribution in [3.63, 3.8) is 0 Å². The van der Waals surface area contributed by atoms with Crippen LogP contribution in [0.5, 0.6) is 0 Å². The van der Waals surface area contributed by atoms with Crippen molar-refractivity contribution in [1.82, 2.24) is 14.7 Å². The largest absolute Gasteiger partial charge is 0.288 e. The Morgan fingerprint density at radius 1 is 1.47 bits per heavy atom. The highest BCUT2D eigenvalue weighted by atomic mass is 15.4. The second-order valence-electron chi connectivity index (χ2n) is 6.40. The van der Waals surface area contributed by atoms with Gasteiger partial charge in [-0.1, -0.05) is 13.8 Å². The summed E-state index contributed by atoms with van der Waals surface area (Å²) in [5, 5.41) is 4.45. The number of hydrogen-bond acceptors (Lipinski definition) is 2. The molecule has 0 N–H and O–H groups in total. The average Bonchev–Trinajstić information content (AvgIpc) is 2.91. The number of rotatable bonds is 1. The van der Waals surface area contributed by atoms with Crippen molar-refractivity contribution < 1.29 is 0 Å². The number of hydrogen-bond donors (Lipinski definition) is 0. The van der Waals surface area contributed by atoms with Crippen LogP contribution in [0.15, 0.2) is 12.3 Å². The summed E-state index contributed by atoms with van der Waals surface area (Å²) in [6.45, 7) is 7.27. The van der Waals surface area contributed by atoms with Gasteiger partial charge in [0.1, 0.15) is 0 Å². The molecule has 0 bridgehead atoms. The minimum atomic E-state index is 0.505. The fraction of sp³-hybridized carbons (Fsp3) is 0.786. The van der Waals surface area contributed by atoms with Crippen molar-refractivity contribution >= 4 is 0 Å². The zero-order valence-electron chi connectivity index (χ0n) is 10.8. The molecule has 0 aliphatic carbocycles. The molecular formula is C14H21N3. The molecule has 17 heavy (non-hydrogen) atoms. The quantitative estimate of drug-likeness (QED) is 0.740. The van der Waals surface area contributed by atoms with Gasteiger partial charge in [-0.3, -0.25) is 9.58 Å². The van der Waals surface area contributed by atoms with Gasteiger partial charge in [-0.05, 0) is 37.8 Å². The summed E-state index contributed by atoms with van der Waals surface area (Å²) in [6.07, 6.45) is 6.15. The Morgan fingerprint density at radius 3 is 3.18 bits per heavy atom. The van der Waals surface area contributed by atoms with Crippen molar-refractivity contribution in [2.24, 2.45) is 11.8 Å². The molecule has 3 aliphatic rings. The second-order valence-corrected chi connectivity index (χ2v) is 6.40. The highest BCUT2D eigenvalue weighted by Gasteiger charge is 2.58. The lowest BCUT2D eigenvalue weighted by Crippen LogP contribution is -2.43. The first-order valence-corrected chi connectivity index (χ1v) is 7.01. The summed E-state index contributed by atoms with van der Waals surface area (Å²) >= 11 is 0. The Hall–Kier alpha value is -0.830. The van der Waals surface area contributed by atoms with Crippen LogP contribution in [0.4, 0.5) is 0 Å². The first-order valence-electron chi connectivity index (χ1n) is 7.01. The van der Waals surface area contributed by atoms with Gasteiger partial charge in [0.05, 0.1) is 11.7 Å². The van der Waals surface area contributed by atoms with Gasteiger partial charge in [0, 0.05) is 24.2 Å². The lowest BCUT2D eigenvalue weighted by molar-refractivity contribution is 0.102. The fourth-order valence-corrected chi connectivity index (χ4v) is 4.77. The standard InChI is InChI=1S/C14H21N3/c1-10(2)14-5-3-7-16(14)13-11(8-14)9-17-12(13)4-6-15-17/h4,6,10-11,13H,3,5,7-9H2,1-2H3. The molecule has 3 aliphatic heterocycles. The van der Waals surface area contributed by atoms with E-state index in [2.05, 4.69) is 34.6 Å². The van der Waals surface area contributed by atoms with Crippen molar-refractivity contribution in [2.45, 2.75) is 51.2 Å². The molecule has 2 fully saturated rings. The van der Waals surface area contributed by atoms with E-state index in [-0.39, 0.29) is 0 Å². The summed E-state index contributed by atoms with van der Waals surface area (Å²) in [5.41, 5.74) is 1.98. The van der Waals surface area contributed by atoms with Gasteiger partial charge in [0.15, 0.2) is 0 Å². The van der Waals surface area contributed by atoms with Crippen molar-refractivity contribution in [2.75, 3.05) is 6.54 Å². The fourth-order valence-electron chi connectivity index (χ4n) is 4.77. The molecule has 2 saturated heterocycles. The molecule has 92 valence electrons. The van der Waals surface area contributed by atoms with E-state index in [1.54, 1.807) is 0 Å². The maximum atomic E-state index is 4.45. The van der Waals surface area contributed by atoms with Crippen molar-refractivity contribution in [1.29, 1.82) is 0 Å². The van der Waals surface area contributed by atoms with Crippen LogP contribution in [0.2, 0.25) is 0 Å². The van der Waals surface area contributed by atoms with Crippen LogP contribution in [0.3, 0.4) is 0 Å². The Labute approximate surface area is 103 Å². The predicted molar refractivity (Wildman–Crippen MR) is 66.6 cm³/mol. The number of nitrogens with zero attached hydrogens (tertiary/aromatic N) is 3. The second kappa shape index (κ2) is 3.14. The van der Waals surface area contributed by atoms with Gasteiger partial charge in [-0.15, -0.1) is 0 Å². The monoisotopic (exact) mass is 231 g/mol. The lowest BCUT2D eigenvalue weighted by atomic mass is 9.80. The molecule has 4 heterocycles. The molecule has 3 atom stereocenters. The van der Waals surface area contributed by atoms with Crippen LogP contribution >= 0.6 is 0 Å². The van der Waals surface area contributed by atoms with E-state index < -0.39 is 0 Å². The van der Waals surface area contributed by atoms with Crippen LogP contribution < -0.4 is 0 Å². The normalized spacial score (nSPS) is 39.7. The smallest absolute Gasteiger partial charge is 0.0569 e. The first kappa shape index (κ1) is 10.1. The molecule has 0 saturated carbocycles. The summed E-state index contributed by atoms with van der Waals surface area (Å²) in [6, 6.07) is 2.90. The molecule has 3 unspecified atom stereocenters. The highest BCUT2D eigenvalue weighted by Crippen LogP contribution is 2.57. The van der Waals surface area contributed by atoms with E-state index in [9.17, 15) is 0 Å². The average molecular weight is 231 g/mol. The van der Waals surface area contributed by atoms with Crippen LogP contribution in [0.1, 0.15) is 44.8 Å². The van der Waals surface area contributed by atoms with Gasteiger partial charge in [0.2, 0.25) is 0 Å². The Balaban J connectivity index is 1.78. The van der Waals surface area contributed by atoms with Crippen LogP contribution in [-0.2, 0) is 6.54 Å². The van der Waals surface area contributed by atoms with E-state index in [4.69, 9.17) is 0 Å². The zero-order chi connectivity index (χ0) is 11.6. The van der Waals surface area contributed by atoms with E-state index in [0.29, 0.717) is 11.6 Å². The molecule has 1 aromatic rings. The minimum absolute atomic E-state index is 0.505. The lowest BCUT2D eigenvalue weighted by Gasteiger charge is -2.38. The molecule has 3 heteroatoms. The molecule has 0 spiro atoms. The van der Waals surface area contributed by atoms with Crippen molar-refractivity contribution in [3.8, 4) is 0 Å². The molecule has 0 radical (unpaired) electrons. The van der Waals surface area contributed by atoms with E-state index in [0.717, 1.165) is 18.4 Å². The molecule has 0 amide bonds. The Kier molecular flexibility index (Phi) is 1.87. The van der Waals surface area contributed by atoms with Crippen LogP contribution in [0.25, 0.3) is 0 Å². The van der Waals surface area contributed by atoms with Crippen LogP contribution in [-0.4, -0.2) is 26.8 Å². The van der Waals surface area contributed by atoms with E-state index >= 15 is 0 Å². The Morgan fingerprint density at radius 2 is 2.35 bits per heavy atom. The maximum Gasteiger partial charge on any atom is 0.0569 e. The number of fused-ring (bicyclic) bond motifs is 5. The SMILES string of the molecule is CC(C)C12CCCN1C1c3ccnn3CC1C2. The summed E-state index contributed by atoms with van der Waals surface area (Å²) < 4.78 is 2.23. The molecule has 4 rings (SSSR count). The van der Waals surface area contributed by atoms with Gasteiger partial charge in [-0.25, -0.2) is 0 Å². The van der Waals surface area contributed by atoms with Gasteiger partial charge in [0.25, 0.3) is 0 Å². The molecule has 3 nitrogen and oxygen atoms in total. The molecule has 1 aromatic heterocycles. The third-order valence-electron chi connectivity index (χ3n) is 5.51. The zero-order valence-corrected chi connectivity index (χ0v) is 10.8. The van der Waals surface area contributed by atoms with Crippen molar-refractivity contribution in [3.05, 3.63) is 18.0 Å². The van der Waals surface area contributed by atoms with Gasteiger partial charge < -0.3 is 0 Å². The molecular weight excluding hydrogens is 210 g/mol. The van der Waals surface area contributed by atoms with Crippen LogP contribution in [0, 0.1) is 11.8 Å². The van der Waals surface area contributed by atoms with Gasteiger partial charge in [-0.2, -0.15) is 5.10 Å². The summed E-state index contributed by atoms with van der Waals surface area (Å²) in [4.78, 5) is 2.82. The van der Waals surface area contributed by atoms with E-state index in [1.807, 2.05) is 6.20 Å². The van der Waals surface area contributed by atoms with E-state index in [1.165, 1.54) is 31.5 Å². The maximum absolute atomic E-state index is 4.45. The highest BCUT2D eigenvalue weighted by molar-refractivity contribution is 5.22. The first-order chi connectivity index (χ1) is 8.22. The minimum Gasteiger partial charge on any atom is -0.288 e. The predicted octanol–water partition coefficient (Wildman–Crippen LogP) is 2.45. The van der Waals surface area contributed by atoms with Gasteiger partial charge >= 0.3 is 0 Å². The number of aromatic nitrogens is 2. The topological polar surface area (TPSA) is 21.1 Å². The summed E-state index contributed by atoms with van der Waals surface area (Å²) in [7, 11) is 0. The summed E-state index contributed by atoms with van der Waals surface area (Å²) in [5.74, 6) is 1.60. The molecule has 0 aromatic carbocycles. The third-order valence-corrected chi connectivity index (χ3v) is 5.51. The Bertz CT molecular complexity index is 450.